The number of esters is 2. The van der Waals surface area contributed by atoms with Crippen LogP contribution in [0, 0.1) is 0 Å². The Kier molecular flexibility index (Phi) is 6.81. The summed E-state index contributed by atoms with van der Waals surface area (Å²) in [4.78, 5) is 27.1. The molecule has 1 aromatic heterocycles. The minimum absolute atomic E-state index is 0.139. The van der Waals surface area contributed by atoms with Gasteiger partial charge in [-0.25, -0.2) is 4.79 Å². The van der Waals surface area contributed by atoms with Gasteiger partial charge in [-0.3, -0.25) is 9.78 Å². The van der Waals surface area contributed by atoms with E-state index in [4.69, 9.17) is 9.47 Å². The van der Waals surface area contributed by atoms with Crippen molar-refractivity contribution in [3.63, 3.8) is 0 Å². The predicted octanol–water partition coefficient (Wildman–Crippen LogP) is 1.89. The Labute approximate surface area is 117 Å². The highest BCUT2D eigenvalue weighted by molar-refractivity contribution is 5.94. The van der Waals surface area contributed by atoms with Crippen LogP contribution in [0.3, 0.4) is 0 Å². The second kappa shape index (κ2) is 8.68. The summed E-state index contributed by atoms with van der Waals surface area (Å²) in [6.07, 6.45) is 4.54. The maximum Gasteiger partial charge on any atom is 0.336 e. The third-order valence-electron chi connectivity index (χ3n) is 2.25. The molecule has 0 fully saturated rings. The molecule has 0 bridgehead atoms. The lowest BCUT2D eigenvalue weighted by Crippen LogP contribution is -2.14. The van der Waals surface area contributed by atoms with Gasteiger partial charge in [-0.2, -0.15) is 0 Å². The van der Waals surface area contributed by atoms with Gasteiger partial charge in [0, 0.05) is 12.4 Å². The average molecular weight is 278 g/mol. The minimum Gasteiger partial charge on any atom is -0.466 e. The summed E-state index contributed by atoms with van der Waals surface area (Å²) in [5.74, 6) is -1.02. The lowest BCUT2D eigenvalue weighted by molar-refractivity contribution is -0.145. The Morgan fingerprint density at radius 1 is 1.30 bits per heavy atom. The Balaban J connectivity index is 2.75. The van der Waals surface area contributed by atoms with E-state index in [-0.39, 0.29) is 25.2 Å². The highest BCUT2D eigenvalue weighted by atomic mass is 16.5. The quantitative estimate of drug-likeness (QED) is 0.606. The van der Waals surface area contributed by atoms with Crippen molar-refractivity contribution < 1.29 is 19.1 Å². The SMILES string of the molecule is CCOC(=O)CC(=CNc1cccnc1)C(=O)OCC. The number of nitrogens with one attached hydrogen (secondary N) is 1. The highest BCUT2D eigenvalue weighted by Crippen LogP contribution is 2.09. The zero-order valence-electron chi connectivity index (χ0n) is 11.6. The van der Waals surface area contributed by atoms with Gasteiger partial charge < -0.3 is 14.8 Å². The van der Waals surface area contributed by atoms with Gasteiger partial charge >= 0.3 is 11.9 Å². The Hall–Kier alpha value is -2.37. The summed E-state index contributed by atoms with van der Waals surface area (Å²) in [6, 6.07) is 3.54. The predicted molar refractivity (Wildman–Crippen MR) is 73.8 cm³/mol. The number of hydrogen-bond donors (Lipinski definition) is 1. The molecule has 108 valence electrons. The fourth-order valence-corrected chi connectivity index (χ4v) is 1.39. The standard InChI is InChI=1S/C14H18N2O4/c1-3-19-13(17)8-11(14(18)20-4-2)9-16-12-6-5-7-15-10-12/h5-7,9-10,16H,3-4,8H2,1-2H3. The van der Waals surface area contributed by atoms with E-state index in [2.05, 4.69) is 10.3 Å². The molecule has 0 unspecified atom stereocenters. The lowest BCUT2D eigenvalue weighted by Gasteiger charge is -2.08. The molecule has 0 radical (unpaired) electrons. The van der Waals surface area contributed by atoms with Crippen molar-refractivity contribution in [1.29, 1.82) is 0 Å². The molecule has 0 aliphatic rings. The summed E-state index contributed by atoms with van der Waals surface area (Å²) >= 11 is 0. The van der Waals surface area contributed by atoms with Crippen LogP contribution in [-0.4, -0.2) is 30.1 Å². The summed E-state index contributed by atoms with van der Waals surface area (Å²) in [6.45, 7) is 3.92. The van der Waals surface area contributed by atoms with E-state index in [1.165, 1.54) is 6.20 Å². The molecule has 0 aromatic carbocycles. The van der Waals surface area contributed by atoms with Gasteiger partial charge in [0.15, 0.2) is 0 Å². The number of carbonyl (C=O) groups excluding carboxylic acids is 2. The molecule has 20 heavy (non-hydrogen) atoms. The van der Waals surface area contributed by atoms with Crippen LogP contribution in [-0.2, 0) is 19.1 Å². The van der Waals surface area contributed by atoms with Gasteiger partial charge in [-0.05, 0) is 26.0 Å². The van der Waals surface area contributed by atoms with Crippen molar-refractivity contribution in [2.24, 2.45) is 0 Å². The first-order valence-electron chi connectivity index (χ1n) is 6.35. The first-order valence-corrected chi connectivity index (χ1v) is 6.35. The fraction of sp³-hybridized carbons (Fsp3) is 0.357. The molecule has 0 saturated heterocycles. The van der Waals surface area contributed by atoms with Crippen LogP contribution in [0.1, 0.15) is 20.3 Å². The summed E-state index contributed by atoms with van der Waals surface area (Å²) < 4.78 is 9.73. The fourth-order valence-electron chi connectivity index (χ4n) is 1.39. The van der Waals surface area contributed by atoms with E-state index in [9.17, 15) is 9.59 Å². The first-order chi connectivity index (χ1) is 9.67. The number of carbonyl (C=O) groups is 2. The molecular weight excluding hydrogens is 260 g/mol. The number of rotatable bonds is 7. The largest absolute Gasteiger partial charge is 0.466 e. The second-order valence-corrected chi connectivity index (χ2v) is 3.76. The minimum atomic E-state index is -0.544. The van der Waals surface area contributed by atoms with Crippen LogP contribution >= 0.6 is 0 Å². The van der Waals surface area contributed by atoms with Gasteiger partial charge in [0.1, 0.15) is 0 Å². The number of anilines is 1. The molecule has 0 aliphatic carbocycles. The molecule has 1 aromatic rings. The third kappa shape index (κ3) is 5.51. The second-order valence-electron chi connectivity index (χ2n) is 3.76. The topological polar surface area (TPSA) is 77.5 Å². The zero-order chi connectivity index (χ0) is 14.8. The van der Waals surface area contributed by atoms with Crippen molar-refractivity contribution in [3.8, 4) is 0 Å². The van der Waals surface area contributed by atoms with E-state index in [0.29, 0.717) is 5.69 Å². The van der Waals surface area contributed by atoms with Crippen LogP contribution in [0.25, 0.3) is 0 Å². The molecular formula is C14H18N2O4. The van der Waals surface area contributed by atoms with E-state index in [1.807, 2.05) is 0 Å². The Morgan fingerprint density at radius 3 is 2.65 bits per heavy atom. The number of pyridine rings is 1. The normalized spacial score (nSPS) is 10.8. The van der Waals surface area contributed by atoms with Gasteiger partial charge in [0.05, 0.1) is 37.1 Å². The molecule has 1 rings (SSSR count). The van der Waals surface area contributed by atoms with Crippen LogP contribution in [0.15, 0.2) is 36.3 Å². The number of ether oxygens (including phenoxy) is 2. The van der Waals surface area contributed by atoms with E-state index >= 15 is 0 Å². The smallest absolute Gasteiger partial charge is 0.336 e. The maximum atomic E-state index is 11.8. The summed E-state index contributed by atoms with van der Waals surface area (Å²) in [7, 11) is 0. The first kappa shape index (κ1) is 15.7. The van der Waals surface area contributed by atoms with Gasteiger partial charge in [0.25, 0.3) is 0 Å². The molecule has 1 N–H and O–H groups in total. The van der Waals surface area contributed by atoms with Crippen LogP contribution in [0.4, 0.5) is 5.69 Å². The maximum absolute atomic E-state index is 11.8. The molecule has 0 spiro atoms. The van der Waals surface area contributed by atoms with Crippen molar-refractivity contribution in [2.75, 3.05) is 18.5 Å². The van der Waals surface area contributed by atoms with Crippen molar-refractivity contribution in [3.05, 3.63) is 36.3 Å². The number of aromatic nitrogens is 1. The van der Waals surface area contributed by atoms with Crippen LogP contribution in [0.2, 0.25) is 0 Å². The molecule has 6 heteroatoms. The molecule has 0 aliphatic heterocycles. The van der Waals surface area contributed by atoms with E-state index in [0.717, 1.165) is 0 Å². The third-order valence-corrected chi connectivity index (χ3v) is 2.25. The number of hydrogen-bond acceptors (Lipinski definition) is 6. The van der Waals surface area contributed by atoms with Crippen LogP contribution < -0.4 is 5.32 Å². The lowest BCUT2D eigenvalue weighted by atomic mass is 10.2. The molecule has 6 nitrogen and oxygen atoms in total. The zero-order valence-corrected chi connectivity index (χ0v) is 11.6. The monoisotopic (exact) mass is 278 g/mol. The molecule has 0 saturated carbocycles. The Morgan fingerprint density at radius 2 is 2.05 bits per heavy atom. The average Bonchev–Trinajstić information content (AvgIpc) is 2.45. The van der Waals surface area contributed by atoms with Gasteiger partial charge in [-0.15, -0.1) is 0 Å². The van der Waals surface area contributed by atoms with Crippen LogP contribution in [0.5, 0.6) is 0 Å². The van der Waals surface area contributed by atoms with Crippen molar-refractivity contribution >= 4 is 17.6 Å². The Bertz CT molecular complexity index is 471. The molecule has 0 amide bonds. The van der Waals surface area contributed by atoms with E-state index in [1.54, 1.807) is 38.4 Å². The van der Waals surface area contributed by atoms with Gasteiger partial charge in [-0.1, -0.05) is 0 Å². The van der Waals surface area contributed by atoms with Crippen molar-refractivity contribution in [2.45, 2.75) is 20.3 Å². The summed E-state index contributed by atoms with van der Waals surface area (Å²) in [5, 5.41) is 2.90. The van der Waals surface area contributed by atoms with E-state index < -0.39 is 11.9 Å². The van der Waals surface area contributed by atoms with Gasteiger partial charge in [0.2, 0.25) is 0 Å². The number of nitrogens with zero attached hydrogens (tertiary/aromatic N) is 1. The summed E-state index contributed by atoms with van der Waals surface area (Å²) in [5.41, 5.74) is 0.910. The molecule has 0 atom stereocenters. The van der Waals surface area contributed by atoms with Crippen molar-refractivity contribution in [1.82, 2.24) is 4.98 Å². The molecule has 1 heterocycles. The highest BCUT2D eigenvalue weighted by Gasteiger charge is 2.15.